The van der Waals surface area contributed by atoms with E-state index in [1.807, 2.05) is 0 Å². The monoisotopic (exact) mass is 454 g/mol. The van der Waals surface area contributed by atoms with Gasteiger partial charge in [-0.05, 0) is 41.5 Å². The van der Waals surface area contributed by atoms with Crippen molar-refractivity contribution < 1.29 is 13.2 Å². The van der Waals surface area contributed by atoms with Crippen LogP contribution in [0.15, 0.2) is 12.1 Å². The molecule has 2 heterocycles. The van der Waals surface area contributed by atoms with Gasteiger partial charge in [0.1, 0.15) is 0 Å². The molecule has 170 valence electrons. The standard InChI is InChI=1S/C25H41F3Si2/c1-2-3-6-13-30-14-11-19(12-15-30)7-4-5-8-20-9-10-24(29-18-20)21-16-22(26)25(28)23(27)17-21/h16-17,19-20,24,30H,2-15,18,29H2,1H3/t19-,20-,24+,30-/m1/s1. The molecular weight excluding hydrogens is 413 g/mol. The highest BCUT2D eigenvalue weighted by Gasteiger charge is 2.25. The average molecular weight is 455 g/mol. The van der Waals surface area contributed by atoms with Crippen LogP contribution in [0.25, 0.3) is 0 Å². The van der Waals surface area contributed by atoms with Gasteiger partial charge in [-0.25, -0.2) is 13.2 Å². The second kappa shape index (κ2) is 12.5. The fourth-order valence-electron chi connectivity index (χ4n) is 5.95. The van der Waals surface area contributed by atoms with Crippen molar-refractivity contribution in [2.45, 2.75) is 107 Å². The Labute approximate surface area is 185 Å². The van der Waals surface area contributed by atoms with Crippen LogP contribution in [-0.2, 0) is 0 Å². The molecule has 0 saturated carbocycles. The summed E-state index contributed by atoms with van der Waals surface area (Å²) < 4.78 is 40.2. The van der Waals surface area contributed by atoms with Crippen LogP contribution in [-0.4, -0.2) is 18.3 Å². The Balaban J connectivity index is 1.27. The van der Waals surface area contributed by atoms with Crippen LogP contribution >= 0.6 is 0 Å². The van der Waals surface area contributed by atoms with E-state index in [0.717, 1.165) is 18.3 Å². The Kier molecular flexibility index (Phi) is 10.0. The lowest BCUT2D eigenvalue weighted by Gasteiger charge is -2.29. The summed E-state index contributed by atoms with van der Waals surface area (Å²) in [7, 11) is -0.752. The molecule has 2 aliphatic rings. The molecule has 1 aromatic carbocycles. The van der Waals surface area contributed by atoms with E-state index in [0.29, 0.717) is 11.1 Å². The minimum atomic E-state index is -1.33. The maximum atomic E-state index is 13.5. The van der Waals surface area contributed by atoms with Crippen molar-refractivity contribution in [2.75, 3.05) is 0 Å². The van der Waals surface area contributed by atoms with Crippen LogP contribution in [0.2, 0.25) is 24.2 Å². The van der Waals surface area contributed by atoms with E-state index < -0.39 is 17.5 Å². The molecular formula is C25H41F3Si2. The summed E-state index contributed by atoms with van der Waals surface area (Å²) in [5.74, 6) is -1.56. The van der Waals surface area contributed by atoms with Crippen LogP contribution in [0.5, 0.6) is 0 Å². The molecule has 0 aromatic heterocycles. The van der Waals surface area contributed by atoms with E-state index in [2.05, 4.69) is 6.92 Å². The molecule has 30 heavy (non-hydrogen) atoms. The van der Waals surface area contributed by atoms with Gasteiger partial charge < -0.3 is 0 Å². The molecule has 2 atom stereocenters. The van der Waals surface area contributed by atoms with E-state index in [4.69, 9.17) is 0 Å². The van der Waals surface area contributed by atoms with Crippen molar-refractivity contribution in [2.24, 2.45) is 11.8 Å². The van der Waals surface area contributed by atoms with Crippen LogP contribution in [0.4, 0.5) is 13.2 Å². The summed E-state index contributed by atoms with van der Waals surface area (Å²) in [4.78, 5) is 0. The lowest BCUT2D eigenvalue weighted by molar-refractivity contribution is 0.383. The quantitative estimate of drug-likeness (QED) is 0.195. The van der Waals surface area contributed by atoms with Gasteiger partial charge in [0.25, 0.3) is 0 Å². The summed E-state index contributed by atoms with van der Waals surface area (Å²) in [6.07, 6.45) is 15.1. The van der Waals surface area contributed by atoms with Crippen LogP contribution in [0, 0.1) is 29.3 Å². The minimum absolute atomic E-state index is 0.322. The molecule has 0 unspecified atom stereocenters. The van der Waals surface area contributed by atoms with Gasteiger partial charge >= 0.3 is 0 Å². The van der Waals surface area contributed by atoms with Crippen molar-refractivity contribution in [3.05, 3.63) is 35.1 Å². The zero-order valence-electron chi connectivity index (χ0n) is 18.9. The topological polar surface area (TPSA) is 0 Å². The first-order valence-corrected chi connectivity index (χ1v) is 17.0. The second-order valence-electron chi connectivity index (χ2n) is 10.2. The van der Waals surface area contributed by atoms with Crippen LogP contribution in [0.1, 0.15) is 88.7 Å². The van der Waals surface area contributed by atoms with Crippen LogP contribution < -0.4 is 0 Å². The fraction of sp³-hybridized carbons (Fsp3) is 0.760. The van der Waals surface area contributed by atoms with Crippen molar-refractivity contribution in [1.82, 2.24) is 0 Å². The number of benzene rings is 1. The van der Waals surface area contributed by atoms with Gasteiger partial charge in [0.05, 0.1) is 0 Å². The van der Waals surface area contributed by atoms with Gasteiger partial charge in [-0.2, -0.15) is 0 Å². The first-order chi connectivity index (χ1) is 14.6. The fourth-order valence-corrected chi connectivity index (χ4v) is 12.1. The Morgan fingerprint density at radius 1 is 0.867 bits per heavy atom. The molecule has 2 saturated heterocycles. The Bertz CT molecular complexity index is 612. The van der Waals surface area contributed by atoms with E-state index in [1.165, 1.54) is 82.4 Å². The Morgan fingerprint density at radius 2 is 1.53 bits per heavy atom. The molecule has 2 aliphatic heterocycles. The number of unbranched alkanes of at least 4 members (excludes halogenated alkanes) is 3. The summed E-state index contributed by atoms with van der Waals surface area (Å²) >= 11 is 0. The normalized spacial score (nSPS) is 28.1. The predicted molar refractivity (Wildman–Crippen MR) is 127 cm³/mol. The van der Waals surface area contributed by atoms with Crippen molar-refractivity contribution >= 4 is 18.3 Å². The number of halogens is 3. The van der Waals surface area contributed by atoms with Gasteiger partial charge in [-0.15, -0.1) is 0 Å². The highest BCUT2D eigenvalue weighted by atomic mass is 28.3. The molecule has 0 radical (unpaired) electrons. The molecule has 3 rings (SSSR count). The van der Waals surface area contributed by atoms with Crippen LogP contribution in [0.3, 0.4) is 0 Å². The highest BCUT2D eigenvalue weighted by Crippen LogP contribution is 2.36. The van der Waals surface area contributed by atoms with E-state index in [1.54, 1.807) is 18.1 Å². The predicted octanol–water partition coefficient (Wildman–Crippen LogP) is 7.53. The summed E-state index contributed by atoms with van der Waals surface area (Å²) in [5, 5.41) is 0. The van der Waals surface area contributed by atoms with Crippen molar-refractivity contribution in [1.29, 1.82) is 0 Å². The highest BCUT2D eigenvalue weighted by molar-refractivity contribution is 6.58. The van der Waals surface area contributed by atoms with Gasteiger partial charge in [0.15, 0.2) is 17.5 Å². The van der Waals surface area contributed by atoms with Gasteiger partial charge in [-0.3, -0.25) is 0 Å². The number of hydrogen-bond donors (Lipinski definition) is 0. The maximum absolute atomic E-state index is 13.5. The summed E-state index contributed by atoms with van der Waals surface area (Å²) in [5.41, 5.74) is 1.02. The molecule has 0 amide bonds. The zero-order chi connectivity index (χ0) is 21.3. The van der Waals surface area contributed by atoms with Gasteiger partial charge in [0.2, 0.25) is 0 Å². The molecule has 0 aliphatic carbocycles. The summed E-state index contributed by atoms with van der Waals surface area (Å²) in [6.45, 7) is 2.31. The van der Waals surface area contributed by atoms with Gasteiger partial charge in [-0.1, -0.05) is 95.3 Å². The van der Waals surface area contributed by atoms with Crippen molar-refractivity contribution in [3.63, 3.8) is 0 Å². The Hall–Kier alpha value is -0.556. The third-order valence-electron chi connectivity index (χ3n) is 7.98. The largest absolute Gasteiger partial charge is 0.204 e. The SMILES string of the molecule is CCCCC[Si@H]1CC[C@H](CCCC[C@@H]2CC[C@@H](c3cc(F)c(F)c(F)c3)[SiH2]C2)CC1. The maximum Gasteiger partial charge on any atom is 0.194 e. The lowest BCUT2D eigenvalue weighted by Crippen LogP contribution is -2.21. The van der Waals surface area contributed by atoms with E-state index in [9.17, 15) is 13.2 Å². The number of rotatable bonds is 10. The lowest BCUT2D eigenvalue weighted by atomic mass is 9.91. The average Bonchev–Trinajstić information content (AvgIpc) is 2.76. The summed E-state index contributed by atoms with van der Waals surface area (Å²) in [6, 6.07) is 8.56. The first kappa shape index (κ1) is 24.1. The molecule has 0 nitrogen and oxygen atoms in total. The zero-order valence-corrected chi connectivity index (χ0v) is 21.5. The third kappa shape index (κ3) is 7.25. The molecule has 0 spiro atoms. The van der Waals surface area contributed by atoms with Crippen molar-refractivity contribution in [3.8, 4) is 0 Å². The molecule has 5 heteroatoms. The molecule has 1 aromatic rings. The Morgan fingerprint density at radius 3 is 2.13 bits per heavy atom. The third-order valence-corrected chi connectivity index (χ3v) is 14.2. The number of hydrogen-bond acceptors (Lipinski definition) is 0. The molecule has 0 N–H and O–H groups in total. The van der Waals surface area contributed by atoms with E-state index >= 15 is 0 Å². The minimum Gasteiger partial charge on any atom is -0.204 e. The smallest absolute Gasteiger partial charge is 0.194 e. The molecule has 0 bridgehead atoms. The molecule has 2 fully saturated rings. The van der Waals surface area contributed by atoms with E-state index in [-0.39, 0.29) is 18.3 Å². The second-order valence-corrected chi connectivity index (χ2v) is 15.8. The first-order valence-electron chi connectivity index (χ1n) is 12.7. The van der Waals surface area contributed by atoms with Gasteiger partial charge in [0, 0.05) is 18.3 Å².